The van der Waals surface area contributed by atoms with Crippen molar-refractivity contribution in [3.63, 3.8) is 0 Å². The van der Waals surface area contributed by atoms with Crippen LogP contribution in [0.2, 0.25) is 0 Å². The molecule has 3 rings (SSSR count). The van der Waals surface area contributed by atoms with Gasteiger partial charge in [0.2, 0.25) is 11.8 Å². The first-order valence-corrected chi connectivity index (χ1v) is 9.68. The lowest BCUT2D eigenvalue weighted by molar-refractivity contribution is -0.126. The molecule has 0 spiro atoms. The van der Waals surface area contributed by atoms with Crippen molar-refractivity contribution in [2.24, 2.45) is 0 Å². The van der Waals surface area contributed by atoms with Crippen molar-refractivity contribution in [1.82, 2.24) is 15.2 Å². The molecule has 2 aromatic heterocycles. The standard InChI is InChI=1S/C18H24N4O3S/c1-3-14-12(2)26-18(20-14)21-16(23)11-22-8-4-7-15(22)17(24)19-10-13-6-5-9-25-13/h5-6,9,15H,3-4,7-8,10-11H2,1-2H3,(H,19,24)(H,20,21,23). The zero-order valence-electron chi connectivity index (χ0n) is 15.1. The van der Waals surface area contributed by atoms with Crippen molar-refractivity contribution >= 4 is 28.3 Å². The molecule has 0 saturated carbocycles. The zero-order valence-corrected chi connectivity index (χ0v) is 15.9. The van der Waals surface area contributed by atoms with E-state index in [1.807, 2.05) is 24.8 Å². The van der Waals surface area contributed by atoms with Crippen LogP contribution in [0.3, 0.4) is 0 Å². The van der Waals surface area contributed by atoms with Crippen molar-refractivity contribution in [3.8, 4) is 0 Å². The first kappa shape index (κ1) is 18.6. The summed E-state index contributed by atoms with van der Waals surface area (Å²) in [7, 11) is 0. The maximum Gasteiger partial charge on any atom is 0.240 e. The van der Waals surface area contributed by atoms with E-state index in [0.717, 1.165) is 36.4 Å². The molecule has 2 amide bonds. The fraction of sp³-hybridized carbons (Fsp3) is 0.500. The summed E-state index contributed by atoms with van der Waals surface area (Å²) in [6, 6.07) is 3.33. The second-order valence-corrected chi connectivity index (χ2v) is 7.55. The number of carbonyl (C=O) groups is 2. The Morgan fingerprint density at radius 2 is 2.31 bits per heavy atom. The van der Waals surface area contributed by atoms with Crippen molar-refractivity contribution in [1.29, 1.82) is 0 Å². The van der Waals surface area contributed by atoms with Crippen LogP contribution in [-0.4, -0.2) is 40.8 Å². The van der Waals surface area contributed by atoms with Crippen LogP contribution in [0.4, 0.5) is 5.13 Å². The molecule has 26 heavy (non-hydrogen) atoms. The van der Waals surface area contributed by atoms with Gasteiger partial charge in [0.15, 0.2) is 5.13 Å². The minimum Gasteiger partial charge on any atom is -0.467 e. The van der Waals surface area contributed by atoms with Gasteiger partial charge in [-0.3, -0.25) is 14.5 Å². The number of nitrogens with zero attached hydrogens (tertiary/aromatic N) is 2. The predicted molar refractivity (Wildman–Crippen MR) is 100 cm³/mol. The number of amides is 2. The fourth-order valence-electron chi connectivity index (χ4n) is 3.17. The zero-order chi connectivity index (χ0) is 18.5. The van der Waals surface area contributed by atoms with Crippen molar-refractivity contribution in [2.45, 2.75) is 45.7 Å². The molecule has 1 fully saturated rings. The highest BCUT2D eigenvalue weighted by atomic mass is 32.1. The third-order valence-corrected chi connectivity index (χ3v) is 5.43. The van der Waals surface area contributed by atoms with Gasteiger partial charge in [0.25, 0.3) is 0 Å². The summed E-state index contributed by atoms with van der Waals surface area (Å²) in [5.41, 5.74) is 1.02. The lowest BCUT2D eigenvalue weighted by Crippen LogP contribution is -2.45. The number of aryl methyl sites for hydroxylation is 2. The largest absolute Gasteiger partial charge is 0.467 e. The highest BCUT2D eigenvalue weighted by Gasteiger charge is 2.32. The average Bonchev–Trinajstić information content (AvgIpc) is 3.34. The van der Waals surface area contributed by atoms with E-state index in [1.54, 1.807) is 12.3 Å². The molecule has 8 heteroatoms. The number of rotatable bonds is 7. The summed E-state index contributed by atoms with van der Waals surface area (Å²) >= 11 is 1.49. The Balaban J connectivity index is 1.52. The van der Waals surface area contributed by atoms with Gasteiger partial charge >= 0.3 is 0 Å². The molecule has 1 atom stereocenters. The van der Waals surface area contributed by atoms with E-state index < -0.39 is 0 Å². The van der Waals surface area contributed by atoms with Crippen molar-refractivity contribution in [3.05, 3.63) is 34.7 Å². The van der Waals surface area contributed by atoms with E-state index in [2.05, 4.69) is 15.6 Å². The van der Waals surface area contributed by atoms with E-state index in [1.165, 1.54) is 11.3 Å². The van der Waals surface area contributed by atoms with Gasteiger partial charge in [0, 0.05) is 4.88 Å². The maximum absolute atomic E-state index is 12.4. The highest BCUT2D eigenvalue weighted by molar-refractivity contribution is 7.15. The normalized spacial score (nSPS) is 17.4. The smallest absolute Gasteiger partial charge is 0.240 e. The monoisotopic (exact) mass is 376 g/mol. The number of nitrogens with one attached hydrogen (secondary N) is 2. The molecule has 2 N–H and O–H groups in total. The van der Waals surface area contributed by atoms with Crippen LogP contribution >= 0.6 is 11.3 Å². The fourth-order valence-corrected chi connectivity index (χ4v) is 4.09. The van der Waals surface area contributed by atoms with Gasteiger partial charge in [-0.25, -0.2) is 4.98 Å². The summed E-state index contributed by atoms with van der Waals surface area (Å²) in [5, 5.41) is 6.37. The lowest BCUT2D eigenvalue weighted by atomic mass is 10.2. The predicted octanol–water partition coefficient (Wildman–Crippen LogP) is 2.33. The first-order valence-electron chi connectivity index (χ1n) is 8.87. The number of thiazole rings is 1. The molecule has 2 aromatic rings. The molecular formula is C18H24N4O3S. The van der Waals surface area contributed by atoms with Crippen LogP contribution in [0.25, 0.3) is 0 Å². The number of likely N-dealkylation sites (tertiary alicyclic amines) is 1. The lowest BCUT2D eigenvalue weighted by Gasteiger charge is -2.22. The highest BCUT2D eigenvalue weighted by Crippen LogP contribution is 2.23. The van der Waals surface area contributed by atoms with E-state index >= 15 is 0 Å². The Morgan fingerprint density at radius 1 is 1.46 bits per heavy atom. The van der Waals surface area contributed by atoms with Crippen LogP contribution in [0.5, 0.6) is 0 Å². The van der Waals surface area contributed by atoms with E-state index in [4.69, 9.17) is 4.42 Å². The molecule has 7 nitrogen and oxygen atoms in total. The van der Waals surface area contributed by atoms with Crippen LogP contribution in [0.1, 0.15) is 36.1 Å². The molecule has 0 aromatic carbocycles. The number of aromatic nitrogens is 1. The number of furan rings is 1. The SMILES string of the molecule is CCc1nc(NC(=O)CN2CCCC2C(=O)NCc2ccco2)sc1C. The molecule has 1 aliphatic rings. The minimum absolute atomic E-state index is 0.0648. The minimum atomic E-state index is -0.278. The number of anilines is 1. The second kappa shape index (κ2) is 8.46. The molecule has 1 unspecified atom stereocenters. The van der Waals surface area contributed by atoms with Crippen molar-refractivity contribution in [2.75, 3.05) is 18.4 Å². The third kappa shape index (κ3) is 4.50. The molecule has 1 aliphatic heterocycles. The Hall–Kier alpha value is -2.19. The molecule has 3 heterocycles. The van der Waals surface area contributed by atoms with Crippen LogP contribution in [-0.2, 0) is 22.6 Å². The van der Waals surface area contributed by atoms with E-state index in [9.17, 15) is 9.59 Å². The number of carbonyl (C=O) groups excluding carboxylic acids is 2. The van der Waals surface area contributed by atoms with Crippen molar-refractivity contribution < 1.29 is 14.0 Å². The Bertz CT molecular complexity index is 757. The maximum atomic E-state index is 12.4. The van der Waals surface area contributed by atoms with Gasteiger partial charge in [0.1, 0.15) is 5.76 Å². The van der Waals surface area contributed by atoms with E-state index in [-0.39, 0.29) is 24.4 Å². The summed E-state index contributed by atoms with van der Waals surface area (Å²) < 4.78 is 5.23. The van der Waals surface area contributed by atoms with Crippen LogP contribution in [0.15, 0.2) is 22.8 Å². The summed E-state index contributed by atoms with van der Waals surface area (Å²) in [4.78, 5) is 32.3. The molecule has 0 radical (unpaired) electrons. The van der Waals surface area contributed by atoms with Gasteiger partial charge < -0.3 is 15.1 Å². The van der Waals surface area contributed by atoms with Crippen LogP contribution < -0.4 is 10.6 Å². The second-order valence-electron chi connectivity index (χ2n) is 6.35. The Kier molecular flexibility index (Phi) is 6.05. The molecule has 1 saturated heterocycles. The quantitative estimate of drug-likeness (QED) is 0.774. The average molecular weight is 376 g/mol. The summed E-state index contributed by atoms with van der Waals surface area (Å²) in [6.07, 6.45) is 4.09. The first-order chi connectivity index (χ1) is 12.6. The topological polar surface area (TPSA) is 87.5 Å². The summed E-state index contributed by atoms with van der Waals surface area (Å²) in [6.45, 7) is 5.35. The van der Waals surface area contributed by atoms with E-state index in [0.29, 0.717) is 17.4 Å². The van der Waals surface area contributed by atoms with Crippen LogP contribution in [0, 0.1) is 6.92 Å². The number of hydrogen-bond donors (Lipinski definition) is 2. The van der Waals surface area contributed by atoms with Gasteiger partial charge in [0.05, 0.1) is 31.1 Å². The molecular weight excluding hydrogens is 352 g/mol. The van der Waals surface area contributed by atoms with Gasteiger partial charge in [-0.2, -0.15) is 0 Å². The molecule has 140 valence electrons. The number of hydrogen-bond acceptors (Lipinski definition) is 6. The van der Waals surface area contributed by atoms with Gasteiger partial charge in [-0.15, -0.1) is 11.3 Å². The Morgan fingerprint density at radius 3 is 3.00 bits per heavy atom. The molecule has 0 bridgehead atoms. The summed E-state index contributed by atoms with van der Waals surface area (Å²) in [5.74, 6) is 0.517. The third-order valence-electron chi connectivity index (χ3n) is 4.50. The van der Waals surface area contributed by atoms with Gasteiger partial charge in [-0.05, 0) is 44.9 Å². The molecule has 0 aliphatic carbocycles. The Labute approximate surface area is 156 Å². The van der Waals surface area contributed by atoms with Gasteiger partial charge in [-0.1, -0.05) is 6.92 Å².